The van der Waals surface area contributed by atoms with Gasteiger partial charge in [-0.05, 0) is 37.5 Å². The molecule has 0 saturated carbocycles. The topological polar surface area (TPSA) is 81.1 Å². The average Bonchev–Trinajstić information content (AvgIpc) is 2.31. The van der Waals surface area contributed by atoms with Gasteiger partial charge in [0.25, 0.3) is 0 Å². The number of nitrogen functional groups attached to an aromatic ring is 1. The summed E-state index contributed by atoms with van der Waals surface area (Å²) in [6.45, 7) is 4.39. The zero-order chi connectivity index (χ0) is 13.6. The van der Waals surface area contributed by atoms with Gasteiger partial charge >= 0.3 is 0 Å². The SMILES string of the molecule is CCCC(C)(N)C(=O)NCCc1ccc(N)cc1. The summed E-state index contributed by atoms with van der Waals surface area (Å²) < 4.78 is 0. The van der Waals surface area contributed by atoms with E-state index in [2.05, 4.69) is 5.32 Å². The molecule has 1 rings (SSSR count). The predicted octanol–water partition coefficient (Wildman–Crippen LogP) is 1.44. The van der Waals surface area contributed by atoms with Crippen molar-refractivity contribution < 1.29 is 4.79 Å². The normalized spacial score (nSPS) is 13.9. The van der Waals surface area contributed by atoms with Crippen molar-refractivity contribution >= 4 is 11.6 Å². The first-order valence-corrected chi connectivity index (χ1v) is 6.37. The van der Waals surface area contributed by atoms with Crippen LogP contribution in [0.2, 0.25) is 0 Å². The fraction of sp³-hybridized carbons (Fsp3) is 0.500. The summed E-state index contributed by atoms with van der Waals surface area (Å²) in [6.07, 6.45) is 2.38. The molecule has 0 aliphatic heterocycles. The van der Waals surface area contributed by atoms with Crippen LogP contribution in [0.5, 0.6) is 0 Å². The van der Waals surface area contributed by atoms with Crippen molar-refractivity contribution in [1.82, 2.24) is 5.32 Å². The van der Waals surface area contributed by atoms with E-state index in [9.17, 15) is 4.79 Å². The number of carbonyl (C=O) groups is 1. The molecule has 0 fully saturated rings. The molecule has 0 radical (unpaired) electrons. The number of rotatable bonds is 6. The number of hydrogen-bond acceptors (Lipinski definition) is 3. The lowest BCUT2D eigenvalue weighted by molar-refractivity contribution is -0.126. The largest absolute Gasteiger partial charge is 0.399 e. The lowest BCUT2D eigenvalue weighted by Crippen LogP contribution is -2.51. The van der Waals surface area contributed by atoms with Gasteiger partial charge in [0.15, 0.2) is 0 Å². The molecule has 4 heteroatoms. The van der Waals surface area contributed by atoms with Gasteiger partial charge in [-0.2, -0.15) is 0 Å². The van der Waals surface area contributed by atoms with Gasteiger partial charge in [0, 0.05) is 12.2 Å². The first-order chi connectivity index (χ1) is 8.45. The molecule has 0 aliphatic rings. The third-order valence-electron chi connectivity index (χ3n) is 2.97. The Morgan fingerprint density at radius 3 is 2.50 bits per heavy atom. The van der Waals surface area contributed by atoms with Gasteiger partial charge in [-0.25, -0.2) is 0 Å². The lowest BCUT2D eigenvalue weighted by Gasteiger charge is -2.22. The van der Waals surface area contributed by atoms with Gasteiger partial charge in [-0.1, -0.05) is 25.5 Å². The summed E-state index contributed by atoms with van der Waals surface area (Å²) in [5, 5.41) is 2.88. The number of nitrogens with two attached hydrogens (primary N) is 2. The number of amides is 1. The second kappa shape index (κ2) is 6.40. The second-order valence-electron chi connectivity index (χ2n) is 4.91. The number of hydrogen-bond donors (Lipinski definition) is 3. The van der Waals surface area contributed by atoms with Crippen LogP contribution in [0.1, 0.15) is 32.3 Å². The molecule has 1 atom stereocenters. The zero-order valence-corrected chi connectivity index (χ0v) is 11.2. The van der Waals surface area contributed by atoms with Gasteiger partial charge in [0.2, 0.25) is 5.91 Å². The summed E-state index contributed by atoms with van der Waals surface area (Å²) in [5.74, 6) is -0.0835. The molecule has 0 saturated heterocycles. The zero-order valence-electron chi connectivity index (χ0n) is 11.2. The van der Waals surface area contributed by atoms with Crippen LogP contribution in [-0.4, -0.2) is 18.0 Å². The second-order valence-corrected chi connectivity index (χ2v) is 4.91. The minimum absolute atomic E-state index is 0.0835. The molecule has 0 spiro atoms. The number of nitrogens with one attached hydrogen (secondary N) is 1. The van der Waals surface area contributed by atoms with E-state index < -0.39 is 5.54 Å². The van der Waals surface area contributed by atoms with E-state index in [0.29, 0.717) is 13.0 Å². The number of carbonyl (C=O) groups excluding carboxylic acids is 1. The molecule has 100 valence electrons. The summed E-state index contributed by atoms with van der Waals surface area (Å²) in [6, 6.07) is 7.66. The molecule has 1 unspecified atom stereocenters. The molecular formula is C14H23N3O. The summed E-state index contributed by atoms with van der Waals surface area (Å²) in [7, 11) is 0. The van der Waals surface area contributed by atoms with Crippen LogP contribution >= 0.6 is 0 Å². The standard InChI is InChI=1S/C14H23N3O/c1-3-9-14(2,16)13(18)17-10-8-11-4-6-12(15)7-5-11/h4-7H,3,8-10,15-16H2,1-2H3,(H,17,18). The maximum Gasteiger partial charge on any atom is 0.239 e. The van der Waals surface area contributed by atoms with E-state index >= 15 is 0 Å². The molecule has 4 nitrogen and oxygen atoms in total. The van der Waals surface area contributed by atoms with Crippen LogP contribution in [0.25, 0.3) is 0 Å². The van der Waals surface area contributed by atoms with Crippen LogP contribution in [0, 0.1) is 0 Å². The van der Waals surface area contributed by atoms with Crippen LogP contribution < -0.4 is 16.8 Å². The molecular weight excluding hydrogens is 226 g/mol. The lowest BCUT2D eigenvalue weighted by atomic mass is 9.96. The third-order valence-corrected chi connectivity index (χ3v) is 2.97. The van der Waals surface area contributed by atoms with Crippen molar-refractivity contribution in [3.63, 3.8) is 0 Å². The fourth-order valence-corrected chi connectivity index (χ4v) is 1.84. The smallest absolute Gasteiger partial charge is 0.239 e. The molecule has 1 amide bonds. The quantitative estimate of drug-likeness (QED) is 0.667. The Morgan fingerprint density at radius 1 is 1.33 bits per heavy atom. The minimum atomic E-state index is -0.768. The Kier molecular flexibility index (Phi) is 5.16. The van der Waals surface area contributed by atoms with Crippen molar-refractivity contribution in [2.75, 3.05) is 12.3 Å². The highest BCUT2D eigenvalue weighted by atomic mass is 16.2. The fourth-order valence-electron chi connectivity index (χ4n) is 1.84. The highest BCUT2D eigenvalue weighted by Crippen LogP contribution is 2.09. The Bertz CT molecular complexity index is 385. The number of anilines is 1. The Labute approximate surface area is 109 Å². The highest BCUT2D eigenvalue weighted by Gasteiger charge is 2.26. The van der Waals surface area contributed by atoms with Gasteiger partial charge in [-0.3, -0.25) is 4.79 Å². The van der Waals surface area contributed by atoms with Crippen molar-refractivity contribution in [2.24, 2.45) is 5.73 Å². The van der Waals surface area contributed by atoms with Crippen molar-refractivity contribution in [1.29, 1.82) is 0 Å². The van der Waals surface area contributed by atoms with Crippen LogP contribution in [0.3, 0.4) is 0 Å². The van der Waals surface area contributed by atoms with E-state index in [1.165, 1.54) is 0 Å². The van der Waals surface area contributed by atoms with E-state index in [-0.39, 0.29) is 5.91 Å². The summed E-state index contributed by atoms with van der Waals surface area (Å²) in [4.78, 5) is 11.8. The van der Waals surface area contributed by atoms with E-state index in [0.717, 1.165) is 24.1 Å². The molecule has 0 heterocycles. The van der Waals surface area contributed by atoms with Crippen molar-refractivity contribution in [2.45, 2.75) is 38.6 Å². The number of benzene rings is 1. The van der Waals surface area contributed by atoms with E-state index in [1.807, 2.05) is 31.2 Å². The van der Waals surface area contributed by atoms with E-state index in [1.54, 1.807) is 6.92 Å². The summed E-state index contributed by atoms with van der Waals surface area (Å²) in [5.41, 5.74) is 12.7. The van der Waals surface area contributed by atoms with Gasteiger partial charge in [0.1, 0.15) is 0 Å². The van der Waals surface area contributed by atoms with Gasteiger partial charge in [-0.15, -0.1) is 0 Å². The molecule has 5 N–H and O–H groups in total. The third kappa shape index (κ3) is 4.37. The minimum Gasteiger partial charge on any atom is -0.399 e. The van der Waals surface area contributed by atoms with Gasteiger partial charge < -0.3 is 16.8 Å². The van der Waals surface area contributed by atoms with Crippen molar-refractivity contribution in [3.05, 3.63) is 29.8 Å². The Hall–Kier alpha value is -1.55. The average molecular weight is 249 g/mol. The van der Waals surface area contributed by atoms with Crippen LogP contribution in [-0.2, 0) is 11.2 Å². The maximum atomic E-state index is 11.8. The Morgan fingerprint density at radius 2 is 1.94 bits per heavy atom. The molecule has 1 aromatic rings. The monoisotopic (exact) mass is 249 g/mol. The summed E-state index contributed by atoms with van der Waals surface area (Å²) >= 11 is 0. The van der Waals surface area contributed by atoms with Crippen molar-refractivity contribution in [3.8, 4) is 0 Å². The first-order valence-electron chi connectivity index (χ1n) is 6.37. The molecule has 1 aromatic carbocycles. The van der Waals surface area contributed by atoms with Crippen LogP contribution in [0.4, 0.5) is 5.69 Å². The Balaban J connectivity index is 2.37. The van der Waals surface area contributed by atoms with E-state index in [4.69, 9.17) is 11.5 Å². The first kappa shape index (κ1) is 14.5. The highest BCUT2D eigenvalue weighted by molar-refractivity contribution is 5.85. The molecule has 0 aromatic heterocycles. The van der Waals surface area contributed by atoms with Gasteiger partial charge in [0.05, 0.1) is 5.54 Å². The maximum absolute atomic E-state index is 11.8. The molecule has 0 bridgehead atoms. The van der Waals surface area contributed by atoms with Crippen LogP contribution in [0.15, 0.2) is 24.3 Å². The predicted molar refractivity (Wildman–Crippen MR) is 75.1 cm³/mol. The molecule has 0 aliphatic carbocycles. The molecule has 18 heavy (non-hydrogen) atoms.